The van der Waals surface area contributed by atoms with Gasteiger partial charge >= 0.3 is 11.2 Å². The third kappa shape index (κ3) is 1.95. The summed E-state index contributed by atoms with van der Waals surface area (Å²) in [5.41, 5.74) is -0.275. The molecule has 4 atom stereocenters. The molecule has 0 spiro atoms. The van der Waals surface area contributed by atoms with Crippen LogP contribution in [-0.2, 0) is 19.6 Å². The van der Waals surface area contributed by atoms with E-state index in [1.807, 2.05) is 0 Å². The summed E-state index contributed by atoms with van der Waals surface area (Å²) in [6, 6.07) is 0. The van der Waals surface area contributed by atoms with Crippen molar-refractivity contribution in [3.8, 4) is 0 Å². The Kier molecular flexibility index (Phi) is 3.11. The molecular weight excluding hydrogens is 354 g/mol. The van der Waals surface area contributed by atoms with Gasteiger partial charge in [-0.25, -0.2) is 13.2 Å². The van der Waals surface area contributed by atoms with E-state index >= 15 is 0 Å². The molecule has 0 aromatic heterocycles. The summed E-state index contributed by atoms with van der Waals surface area (Å²) in [7, 11) is -6.06. The number of carbonyl (C=O) groups is 1. The van der Waals surface area contributed by atoms with E-state index in [4.69, 9.17) is 4.74 Å². The van der Waals surface area contributed by atoms with E-state index in [1.165, 1.54) is 19.3 Å². The summed E-state index contributed by atoms with van der Waals surface area (Å²) < 4.78 is 63.7. The van der Waals surface area contributed by atoms with Crippen LogP contribution in [0.3, 0.4) is 0 Å². The Morgan fingerprint density at radius 1 is 1.04 bits per heavy atom. The van der Waals surface area contributed by atoms with Crippen molar-refractivity contribution in [3.63, 3.8) is 0 Å². The number of carbonyl (C=O) groups excluding carboxylic acids is 1. The zero-order chi connectivity index (χ0) is 17.8. The lowest BCUT2D eigenvalue weighted by molar-refractivity contribution is -0.269. The van der Waals surface area contributed by atoms with Gasteiger partial charge in [0, 0.05) is 5.41 Å². The minimum Gasteiger partial charge on any atom is -0.743 e. The van der Waals surface area contributed by atoms with E-state index in [0.717, 1.165) is 25.2 Å². The lowest BCUT2D eigenvalue weighted by Gasteiger charge is -2.74. The van der Waals surface area contributed by atoms with Crippen LogP contribution in [0.25, 0.3) is 0 Å². The van der Waals surface area contributed by atoms with Gasteiger partial charge in [-0.1, -0.05) is 0 Å². The first-order valence-electron chi connectivity index (χ1n) is 9.14. The van der Waals surface area contributed by atoms with Gasteiger partial charge in [0.15, 0.2) is 10.1 Å². The van der Waals surface area contributed by atoms with Crippen LogP contribution in [0.5, 0.6) is 0 Å². The van der Waals surface area contributed by atoms with Gasteiger partial charge in [0.1, 0.15) is 0 Å². The number of hydrogen-bond donors (Lipinski definition) is 0. The number of halogens is 2. The van der Waals surface area contributed by atoms with Crippen LogP contribution in [0.2, 0.25) is 0 Å². The maximum absolute atomic E-state index is 13.5. The molecule has 0 radical (unpaired) electrons. The van der Waals surface area contributed by atoms with Gasteiger partial charge < -0.3 is 9.29 Å². The zero-order valence-corrected chi connectivity index (χ0v) is 14.5. The topological polar surface area (TPSA) is 83.5 Å². The fourth-order valence-electron chi connectivity index (χ4n) is 7.81. The first kappa shape index (κ1) is 16.4. The Bertz CT molecular complexity index is 711. The predicted octanol–water partition coefficient (Wildman–Crippen LogP) is 2.38. The molecule has 0 aromatic carbocycles. The van der Waals surface area contributed by atoms with E-state index in [0.29, 0.717) is 35.5 Å². The molecule has 0 N–H and O–H groups in total. The van der Waals surface area contributed by atoms with Crippen molar-refractivity contribution >= 4 is 16.1 Å². The van der Waals surface area contributed by atoms with Crippen molar-refractivity contribution in [2.24, 2.45) is 46.8 Å². The van der Waals surface area contributed by atoms with E-state index in [-0.39, 0.29) is 12.0 Å². The van der Waals surface area contributed by atoms with Gasteiger partial charge in [0.05, 0.1) is 6.61 Å². The molecule has 0 amide bonds. The molecule has 7 rings (SSSR count). The molecule has 5 nitrogen and oxygen atoms in total. The maximum atomic E-state index is 13.5. The normalized spacial score (nSPS) is 49.6. The SMILES string of the molecule is O=C(OCC12CC3CC4C5CC(CC41)CC2C5C3)C(F)(F)S(=O)(=O)[O-]. The minimum absolute atomic E-state index is 0.158. The second-order valence-electron chi connectivity index (χ2n) is 9.10. The monoisotopic (exact) mass is 375 g/mol. The lowest BCUT2D eigenvalue weighted by atomic mass is 9.31. The van der Waals surface area contributed by atoms with Crippen molar-refractivity contribution in [1.82, 2.24) is 0 Å². The average Bonchev–Trinajstić information content (AvgIpc) is 2.55. The van der Waals surface area contributed by atoms with Crippen molar-refractivity contribution in [1.29, 1.82) is 0 Å². The summed E-state index contributed by atoms with van der Waals surface area (Å²) in [6.07, 6.45) is 6.73. The van der Waals surface area contributed by atoms with Crippen molar-refractivity contribution in [3.05, 3.63) is 0 Å². The highest BCUT2D eigenvalue weighted by Gasteiger charge is 2.70. The summed E-state index contributed by atoms with van der Waals surface area (Å²) >= 11 is 0. The molecule has 8 bridgehead atoms. The van der Waals surface area contributed by atoms with Crippen molar-refractivity contribution in [2.45, 2.75) is 43.8 Å². The Morgan fingerprint density at radius 3 is 2.16 bits per heavy atom. The van der Waals surface area contributed by atoms with Gasteiger partial charge in [-0.2, -0.15) is 8.78 Å². The summed E-state index contributed by atoms with van der Waals surface area (Å²) in [6.45, 7) is -0.158. The molecule has 0 heterocycles. The van der Waals surface area contributed by atoms with Gasteiger partial charge in [-0.05, 0) is 80.0 Å². The Morgan fingerprint density at radius 2 is 1.60 bits per heavy atom. The highest BCUT2D eigenvalue weighted by atomic mass is 32.2. The second kappa shape index (κ2) is 4.74. The van der Waals surface area contributed by atoms with Crippen LogP contribution in [0, 0.1) is 46.8 Å². The number of ether oxygens (including phenoxy) is 1. The highest BCUT2D eigenvalue weighted by molar-refractivity contribution is 7.87. The third-order valence-electron chi connectivity index (χ3n) is 8.29. The van der Waals surface area contributed by atoms with Gasteiger partial charge in [0.2, 0.25) is 0 Å². The molecule has 7 fully saturated rings. The molecule has 140 valence electrons. The molecular formula is C17H21F2O5S-. The Hall–Kier alpha value is -0.760. The van der Waals surface area contributed by atoms with E-state index < -0.39 is 21.3 Å². The second-order valence-corrected chi connectivity index (χ2v) is 10.5. The quantitative estimate of drug-likeness (QED) is 0.556. The number of alkyl halides is 2. The summed E-state index contributed by atoms with van der Waals surface area (Å²) in [4.78, 5) is 11.6. The Balaban J connectivity index is 1.42. The van der Waals surface area contributed by atoms with Crippen LogP contribution in [0.15, 0.2) is 0 Å². The largest absolute Gasteiger partial charge is 0.743 e. The Labute approximate surface area is 145 Å². The molecule has 7 aliphatic carbocycles. The van der Waals surface area contributed by atoms with Crippen LogP contribution in [-0.4, -0.2) is 30.8 Å². The maximum Gasteiger partial charge on any atom is 0.428 e. The zero-order valence-electron chi connectivity index (χ0n) is 13.7. The van der Waals surface area contributed by atoms with Gasteiger partial charge in [-0.15, -0.1) is 0 Å². The number of esters is 1. The molecule has 25 heavy (non-hydrogen) atoms. The van der Waals surface area contributed by atoms with E-state index in [1.54, 1.807) is 0 Å². The first-order chi connectivity index (χ1) is 11.6. The van der Waals surface area contributed by atoms with Gasteiger partial charge in [-0.3, -0.25) is 0 Å². The first-order valence-corrected chi connectivity index (χ1v) is 10.5. The van der Waals surface area contributed by atoms with Crippen molar-refractivity contribution in [2.75, 3.05) is 6.61 Å². The number of hydrogen-bond acceptors (Lipinski definition) is 5. The van der Waals surface area contributed by atoms with E-state index in [2.05, 4.69) is 0 Å². The molecule has 7 aliphatic rings. The molecule has 0 aromatic rings. The van der Waals surface area contributed by atoms with Crippen LogP contribution in [0.4, 0.5) is 8.78 Å². The fraction of sp³-hybridized carbons (Fsp3) is 0.941. The molecule has 0 saturated heterocycles. The predicted molar refractivity (Wildman–Crippen MR) is 80.2 cm³/mol. The average molecular weight is 375 g/mol. The van der Waals surface area contributed by atoms with Crippen LogP contribution in [0.1, 0.15) is 38.5 Å². The van der Waals surface area contributed by atoms with E-state index in [9.17, 15) is 26.5 Å². The third-order valence-corrected chi connectivity index (χ3v) is 9.09. The molecule has 7 saturated carbocycles. The lowest BCUT2D eigenvalue weighted by Crippen LogP contribution is -2.69. The van der Waals surface area contributed by atoms with Crippen LogP contribution < -0.4 is 0 Å². The fourth-order valence-corrected chi connectivity index (χ4v) is 8.08. The molecule has 0 aliphatic heterocycles. The summed E-state index contributed by atoms with van der Waals surface area (Å²) in [5.74, 6) is 1.81. The number of rotatable bonds is 4. The van der Waals surface area contributed by atoms with Crippen molar-refractivity contribution < 1.29 is 31.3 Å². The smallest absolute Gasteiger partial charge is 0.428 e. The minimum atomic E-state index is -6.06. The van der Waals surface area contributed by atoms with Crippen LogP contribution >= 0.6 is 0 Å². The molecule has 4 unspecified atom stereocenters. The summed E-state index contributed by atoms with van der Waals surface area (Å²) in [5, 5.41) is -5.01. The molecule has 8 heteroatoms. The van der Waals surface area contributed by atoms with Gasteiger partial charge in [0.25, 0.3) is 0 Å². The standard InChI is InChI=1S/C17H22F2O5S/c18-17(19,25(21,22)23)15(20)24-7-16-6-9-2-11-10-1-8(4-13(11)16)5-14(16)12(10)3-9/h8-14H,1-7H2,(H,21,22,23)/p-1. The highest BCUT2D eigenvalue weighted by Crippen LogP contribution is 2.75.